The maximum atomic E-state index is 11.0. The Labute approximate surface area is 65.1 Å². The first-order chi connectivity index (χ1) is 4.81. The lowest BCUT2D eigenvalue weighted by Crippen LogP contribution is -2.31. The number of piperidine rings is 1. The zero-order valence-electron chi connectivity index (χ0n) is 5.72. The molecule has 0 aromatic carbocycles. The molecule has 0 aromatic heterocycles. The van der Waals surface area contributed by atoms with Crippen molar-refractivity contribution in [3.05, 3.63) is 0 Å². The monoisotopic (exact) mass is 159 g/mol. The van der Waals surface area contributed by atoms with E-state index in [1.165, 1.54) is 6.42 Å². The van der Waals surface area contributed by atoms with Crippen LogP contribution in [0.2, 0.25) is 0 Å². The van der Waals surface area contributed by atoms with Crippen LogP contribution in [0, 0.1) is 11.8 Å². The Balaban J connectivity index is 1.90. The normalized spacial score (nSPS) is 35.9. The van der Waals surface area contributed by atoms with Gasteiger partial charge in [-0.05, 0) is 18.3 Å². The lowest BCUT2D eigenvalue weighted by atomic mass is 10.4. The molecule has 56 valence electrons. The number of rotatable bonds is 1. The van der Waals surface area contributed by atoms with Crippen LogP contribution >= 0.6 is 11.6 Å². The molecule has 0 aromatic rings. The molecule has 2 unspecified atom stereocenters. The van der Waals surface area contributed by atoms with Gasteiger partial charge in [0, 0.05) is 13.1 Å². The van der Waals surface area contributed by atoms with E-state index in [9.17, 15) is 4.79 Å². The van der Waals surface area contributed by atoms with E-state index in [0.29, 0.717) is 0 Å². The molecule has 0 radical (unpaired) electrons. The number of amides is 1. The van der Waals surface area contributed by atoms with Crippen LogP contribution in [-0.2, 0) is 4.79 Å². The quantitative estimate of drug-likeness (QED) is 0.516. The maximum Gasteiger partial charge on any atom is 0.237 e. The Bertz CT molecular complexity index is 161. The van der Waals surface area contributed by atoms with Crippen LogP contribution in [0.25, 0.3) is 0 Å². The highest BCUT2D eigenvalue weighted by Gasteiger charge is 2.46. The second kappa shape index (κ2) is 2.12. The second-order valence-corrected chi connectivity index (χ2v) is 3.46. The number of hydrogen-bond acceptors (Lipinski definition) is 1. The van der Waals surface area contributed by atoms with E-state index in [4.69, 9.17) is 11.6 Å². The first kappa shape index (κ1) is 6.47. The molecule has 0 spiro atoms. The van der Waals surface area contributed by atoms with Gasteiger partial charge in [-0.15, -0.1) is 11.6 Å². The number of nitrogens with zero attached hydrogens (tertiary/aromatic N) is 1. The molecule has 1 amide bonds. The summed E-state index contributed by atoms with van der Waals surface area (Å²) in [4.78, 5) is 12.9. The largest absolute Gasteiger partial charge is 0.341 e. The molecule has 0 bridgehead atoms. The summed E-state index contributed by atoms with van der Waals surface area (Å²) >= 11 is 5.40. The maximum absolute atomic E-state index is 11.0. The molecule has 1 heterocycles. The van der Waals surface area contributed by atoms with Crippen molar-refractivity contribution < 1.29 is 4.79 Å². The van der Waals surface area contributed by atoms with Gasteiger partial charge < -0.3 is 4.90 Å². The van der Waals surface area contributed by atoms with Gasteiger partial charge >= 0.3 is 0 Å². The summed E-state index contributed by atoms with van der Waals surface area (Å²) in [6.07, 6.45) is 1.34. The van der Waals surface area contributed by atoms with Crippen LogP contribution < -0.4 is 0 Å². The fraction of sp³-hybridized carbons (Fsp3) is 0.857. The summed E-state index contributed by atoms with van der Waals surface area (Å²) in [7, 11) is 0. The molecule has 3 heteroatoms. The van der Waals surface area contributed by atoms with Gasteiger partial charge in [0.1, 0.15) is 5.88 Å². The molecule has 2 atom stereocenters. The smallest absolute Gasteiger partial charge is 0.237 e. The minimum absolute atomic E-state index is 0.105. The highest BCUT2D eigenvalue weighted by molar-refractivity contribution is 6.27. The van der Waals surface area contributed by atoms with Crippen molar-refractivity contribution in [3.8, 4) is 0 Å². The minimum Gasteiger partial charge on any atom is -0.341 e. The molecular weight excluding hydrogens is 150 g/mol. The summed E-state index contributed by atoms with van der Waals surface area (Å²) in [6.45, 7) is 1.94. The standard InChI is InChI=1S/C7H10ClNO/c8-2-7(10)9-3-5-1-6(5)4-9/h5-6H,1-4H2. The van der Waals surface area contributed by atoms with Gasteiger partial charge in [0.25, 0.3) is 0 Å². The zero-order chi connectivity index (χ0) is 7.14. The van der Waals surface area contributed by atoms with Crippen molar-refractivity contribution in [3.63, 3.8) is 0 Å². The van der Waals surface area contributed by atoms with Gasteiger partial charge in [-0.1, -0.05) is 0 Å². The third kappa shape index (κ3) is 0.908. The molecule has 1 saturated heterocycles. The Hall–Kier alpha value is -0.240. The molecular formula is C7H10ClNO. The van der Waals surface area contributed by atoms with Gasteiger partial charge in [-0.25, -0.2) is 0 Å². The van der Waals surface area contributed by atoms with Crippen molar-refractivity contribution in [2.24, 2.45) is 11.8 Å². The Morgan fingerprint density at radius 3 is 2.60 bits per heavy atom. The molecule has 1 saturated carbocycles. The average Bonchev–Trinajstić information content (AvgIpc) is 2.57. The van der Waals surface area contributed by atoms with Gasteiger partial charge in [-0.2, -0.15) is 0 Å². The van der Waals surface area contributed by atoms with Gasteiger partial charge in [0.05, 0.1) is 0 Å². The third-order valence-electron chi connectivity index (χ3n) is 2.45. The first-order valence-electron chi connectivity index (χ1n) is 3.65. The van der Waals surface area contributed by atoms with Gasteiger partial charge in [-0.3, -0.25) is 4.79 Å². The van der Waals surface area contributed by atoms with Crippen LogP contribution in [0.3, 0.4) is 0 Å². The van der Waals surface area contributed by atoms with Crippen LogP contribution in [-0.4, -0.2) is 29.8 Å². The number of halogens is 1. The molecule has 10 heavy (non-hydrogen) atoms. The molecule has 1 aliphatic carbocycles. The third-order valence-corrected chi connectivity index (χ3v) is 2.67. The van der Waals surface area contributed by atoms with E-state index < -0.39 is 0 Å². The van der Waals surface area contributed by atoms with Crippen molar-refractivity contribution in [1.29, 1.82) is 0 Å². The van der Waals surface area contributed by atoms with Gasteiger partial charge in [0.15, 0.2) is 0 Å². The summed E-state index contributed by atoms with van der Waals surface area (Å²) < 4.78 is 0. The highest BCUT2D eigenvalue weighted by atomic mass is 35.5. The topological polar surface area (TPSA) is 20.3 Å². The van der Waals surface area contributed by atoms with E-state index in [0.717, 1.165) is 24.9 Å². The summed E-state index contributed by atoms with van der Waals surface area (Å²) in [6, 6.07) is 0. The number of hydrogen-bond donors (Lipinski definition) is 0. The van der Waals surface area contributed by atoms with E-state index in [-0.39, 0.29) is 11.8 Å². The van der Waals surface area contributed by atoms with Crippen LogP contribution in [0.1, 0.15) is 6.42 Å². The van der Waals surface area contributed by atoms with Crippen molar-refractivity contribution in [1.82, 2.24) is 4.90 Å². The molecule has 2 fully saturated rings. The fourth-order valence-electron chi connectivity index (χ4n) is 1.69. The molecule has 2 aliphatic rings. The number of carbonyl (C=O) groups excluding carboxylic acids is 1. The summed E-state index contributed by atoms with van der Waals surface area (Å²) in [5.74, 6) is 1.91. The van der Waals surface area contributed by atoms with Crippen molar-refractivity contribution in [2.45, 2.75) is 6.42 Å². The SMILES string of the molecule is O=C(CCl)N1CC2CC2C1. The fourth-order valence-corrected chi connectivity index (χ4v) is 1.86. The lowest BCUT2D eigenvalue weighted by molar-refractivity contribution is -0.127. The zero-order valence-corrected chi connectivity index (χ0v) is 6.47. The Morgan fingerprint density at radius 2 is 2.10 bits per heavy atom. The van der Waals surface area contributed by atoms with E-state index in [2.05, 4.69) is 0 Å². The highest BCUT2D eigenvalue weighted by Crippen LogP contribution is 2.44. The molecule has 1 aliphatic heterocycles. The molecule has 0 N–H and O–H groups in total. The van der Waals surface area contributed by atoms with Crippen LogP contribution in [0.15, 0.2) is 0 Å². The van der Waals surface area contributed by atoms with Crippen LogP contribution in [0.5, 0.6) is 0 Å². The van der Waals surface area contributed by atoms with E-state index >= 15 is 0 Å². The number of alkyl halides is 1. The predicted octanol–water partition coefficient (Wildman–Crippen LogP) is 0.704. The average molecular weight is 160 g/mol. The summed E-state index contributed by atoms with van der Waals surface area (Å²) in [5.41, 5.74) is 0. The predicted molar refractivity (Wildman–Crippen MR) is 38.9 cm³/mol. The summed E-state index contributed by atoms with van der Waals surface area (Å²) in [5, 5.41) is 0. The van der Waals surface area contributed by atoms with Crippen molar-refractivity contribution >= 4 is 17.5 Å². The molecule has 2 nitrogen and oxygen atoms in total. The lowest BCUT2D eigenvalue weighted by Gasteiger charge is -2.15. The number of likely N-dealkylation sites (tertiary alicyclic amines) is 1. The first-order valence-corrected chi connectivity index (χ1v) is 4.18. The van der Waals surface area contributed by atoms with E-state index in [1.807, 2.05) is 4.90 Å². The van der Waals surface area contributed by atoms with Crippen molar-refractivity contribution in [2.75, 3.05) is 19.0 Å². The second-order valence-electron chi connectivity index (χ2n) is 3.19. The van der Waals surface area contributed by atoms with Crippen LogP contribution in [0.4, 0.5) is 0 Å². The Morgan fingerprint density at radius 1 is 1.50 bits per heavy atom. The molecule has 2 rings (SSSR count). The minimum atomic E-state index is 0.105. The van der Waals surface area contributed by atoms with E-state index in [1.54, 1.807) is 0 Å². The number of fused-ring (bicyclic) bond motifs is 1. The Kier molecular flexibility index (Phi) is 1.37. The number of carbonyl (C=O) groups is 1. The van der Waals surface area contributed by atoms with Gasteiger partial charge in [0.2, 0.25) is 5.91 Å².